The molecule has 3 heterocycles. The maximum atomic E-state index is 13.3. The molecule has 0 saturated heterocycles. The van der Waals surface area contributed by atoms with Crippen LogP contribution in [-0.4, -0.2) is 45.0 Å². The van der Waals surface area contributed by atoms with E-state index in [1.165, 1.54) is 18.3 Å². The van der Waals surface area contributed by atoms with Crippen molar-refractivity contribution in [3.8, 4) is 11.3 Å². The van der Waals surface area contributed by atoms with Gasteiger partial charge in [-0.15, -0.1) is 0 Å². The molecule has 1 aliphatic heterocycles. The number of aliphatic hydroxyl groups is 1. The second-order valence-corrected chi connectivity index (χ2v) is 9.68. The van der Waals surface area contributed by atoms with Crippen LogP contribution in [0.2, 0.25) is 0 Å². The SMILES string of the molecule is C[C@@H](NC(=O)Cc1cc(F)cc(F)c1)C(=O)Nc1ccc(-c2cn3c4c(sc3n2)NCC(O)C4)cc1. The zero-order chi connectivity index (χ0) is 25.4. The minimum atomic E-state index is -0.856. The molecule has 8 nitrogen and oxygen atoms in total. The number of nitrogens with one attached hydrogen (secondary N) is 3. The summed E-state index contributed by atoms with van der Waals surface area (Å²) in [7, 11) is 0. The van der Waals surface area contributed by atoms with E-state index in [4.69, 9.17) is 0 Å². The lowest BCUT2D eigenvalue weighted by Gasteiger charge is -2.18. The highest BCUT2D eigenvalue weighted by Crippen LogP contribution is 2.34. The molecule has 0 bridgehead atoms. The molecular weight excluding hydrogens is 488 g/mol. The van der Waals surface area contributed by atoms with Crippen LogP contribution in [0.25, 0.3) is 16.2 Å². The molecule has 4 aromatic rings. The molecule has 186 valence electrons. The molecule has 5 rings (SSSR count). The van der Waals surface area contributed by atoms with Gasteiger partial charge in [-0.3, -0.25) is 14.0 Å². The molecule has 36 heavy (non-hydrogen) atoms. The smallest absolute Gasteiger partial charge is 0.246 e. The number of β-amino-alcohol motifs (C(OH)–C–C–N with tert-alkyl or cyclic N) is 1. The average molecular weight is 512 g/mol. The molecule has 1 unspecified atom stereocenters. The molecule has 0 spiro atoms. The third-order valence-corrected chi connectivity index (χ3v) is 6.91. The molecular formula is C25H23F2N5O3S. The molecule has 2 amide bonds. The number of anilines is 2. The summed E-state index contributed by atoms with van der Waals surface area (Å²) in [5, 5.41) is 19.5. The van der Waals surface area contributed by atoms with E-state index in [0.29, 0.717) is 18.7 Å². The normalized spacial score (nSPS) is 15.7. The minimum absolute atomic E-state index is 0.181. The van der Waals surface area contributed by atoms with Gasteiger partial charge in [0.25, 0.3) is 0 Å². The Morgan fingerprint density at radius 3 is 2.67 bits per heavy atom. The van der Waals surface area contributed by atoms with Crippen molar-refractivity contribution in [2.24, 2.45) is 0 Å². The van der Waals surface area contributed by atoms with Gasteiger partial charge in [0.1, 0.15) is 22.7 Å². The summed E-state index contributed by atoms with van der Waals surface area (Å²) < 4.78 is 28.6. The van der Waals surface area contributed by atoms with E-state index < -0.39 is 35.6 Å². The number of aromatic nitrogens is 2. The summed E-state index contributed by atoms with van der Waals surface area (Å²) in [5.41, 5.74) is 3.38. The Hall–Kier alpha value is -3.83. The van der Waals surface area contributed by atoms with Crippen molar-refractivity contribution in [3.05, 3.63) is 71.6 Å². The Morgan fingerprint density at radius 1 is 1.22 bits per heavy atom. The molecule has 2 aromatic carbocycles. The highest BCUT2D eigenvalue weighted by molar-refractivity contribution is 7.21. The van der Waals surface area contributed by atoms with Crippen LogP contribution >= 0.6 is 11.3 Å². The fourth-order valence-electron chi connectivity index (χ4n) is 4.09. The van der Waals surface area contributed by atoms with Crippen LogP contribution in [0.15, 0.2) is 48.7 Å². The Morgan fingerprint density at radius 2 is 1.94 bits per heavy atom. The van der Waals surface area contributed by atoms with Gasteiger partial charge in [-0.05, 0) is 36.8 Å². The maximum Gasteiger partial charge on any atom is 0.246 e. The van der Waals surface area contributed by atoms with Gasteiger partial charge in [0, 0.05) is 36.5 Å². The molecule has 0 fully saturated rings. The monoisotopic (exact) mass is 511 g/mol. The van der Waals surface area contributed by atoms with Crippen LogP contribution < -0.4 is 16.0 Å². The molecule has 0 saturated carbocycles. The van der Waals surface area contributed by atoms with Crippen molar-refractivity contribution >= 4 is 38.8 Å². The predicted octanol–water partition coefficient (Wildman–Crippen LogP) is 3.36. The number of benzene rings is 2. The number of amides is 2. The van der Waals surface area contributed by atoms with Crippen LogP contribution in [0.3, 0.4) is 0 Å². The minimum Gasteiger partial charge on any atom is -0.391 e. The number of aliphatic hydroxyl groups excluding tert-OH is 1. The number of carbonyl (C=O) groups is 2. The molecule has 2 atom stereocenters. The summed E-state index contributed by atoms with van der Waals surface area (Å²) in [6.45, 7) is 2.06. The summed E-state index contributed by atoms with van der Waals surface area (Å²) in [5.74, 6) is -2.49. The summed E-state index contributed by atoms with van der Waals surface area (Å²) in [6, 6.07) is 9.18. The van der Waals surface area contributed by atoms with E-state index in [-0.39, 0.29) is 12.0 Å². The second kappa shape index (κ2) is 9.67. The van der Waals surface area contributed by atoms with Gasteiger partial charge >= 0.3 is 0 Å². The van der Waals surface area contributed by atoms with Gasteiger partial charge in [-0.25, -0.2) is 13.8 Å². The third kappa shape index (κ3) is 5.07. The van der Waals surface area contributed by atoms with E-state index in [0.717, 1.165) is 45.1 Å². The second-order valence-electron chi connectivity index (χ2n) is 8.71. The summed E-state index contributed by atoms with van der Waals surface area (Å²) in [6.07, 6.45) is 1.82. The number of fused-ring (bicyclic) bond motifs is 3. The Balaban J connectivity index is 1.20. The first-order valence-electron chi connectivity index (χ1n) is 11.3. The lowest BCUT2D eigenvalue weighted by molar-refractivity contribution is -0.125. The van der Waals surface area contributed by atoms with E-state index in [9.17, 15) is 23.5 Å². The third-order valence-electron chi connectivity index (χ3n) is 5.85. The van der Waals surface area contributed by atoms with E-state index in [1.807, 2.05) is 22.7 Å². The van der Waals surface area contributed by atoms with Crippen molar-refractivity contribution in [2.75, 3.05) is 17.2 Å². The van der Waals surface area contributed by atoms with Gasteiger partial charge in [0.05, 0.1) is 23.9 Å². The molecule has 11 heteroatoms. The lowest BCUT2D eigenvalue weighted by Crippen LogP contribution is -2.42. The van der Waals surface area contributed by atoms with Crippen LogP contribution in [0.4, 0.5) is 19.5 Å². The van der Waals surface area contributed by atoms with E-state index in [1.54, 1.807) is 12.1 Å². The van der Waals surface area contributed by atoms with Gasteiger partial charge < -0.3 is 21.1 Å². The molecule has 0 aliphatic carbocycles. The number of hydrogen-bond acceptors (Lipinski definition) is 6. The van der Waals surface area contributed by atoms with E-state index in [2.05, 4.69) is 20.9 Å². The largest absolute Gasteiger partial charge is 0.391 e. The Kier molecular flexibility index (Phi) is 6.42. The number of nitrogens with zero attached hydrogens (tertiary/aromatic N) is 2. The maximum absolute atomic E-state index is 13.3. The van der Waals surface area contributed by atoms with Crippen molar-refractivity contribution in [1.82, 2.24) is 14.7 Å². The highest BCUT2D eigenvalue weighted by atomic mass is 32.1. The number of halogens is 2. The van der Waals surface area contributed by atoms with Crippen LogP contribution in [0, 0.1) is 11.6 Å². The van der Waals surface area contributed by atoms with Gasteiger partial charge in [-0.1, -0.05) is 23.5 Å². The van der Waals surface area contributed by atoms with Crippen molar-refractivity contribution in [1.29, 1.82) is 0 Å². The first-order chi connectivity index (χ1) is 17.2. The number of hydrogen-bond donors (Lipinski definition) is 4. The Bertz CT molecular complexity index is 1430. The van der Waals surface area contributed by atoms with Crippen molar-refractivity contribution < 1.29 is 23.5 Å². The predicted molar refractivity (Wildman–Crippen MR) is 133 cm³/mol. The zero-order valence-electron chi connectivity index (χ0n) is 19.2. The standard InChI is InChI=1S/C25H23F2N5O3S/c1-13(29-22(34)8-14-6-16(26)9-17(27)7-14)23(35)30-18-4-2-15(3-5-18)20-12-32-21-10-19(33)11-28-24(21)36-25(32)31-20/h2-7,9,12-13,19,28,33H,8,10-11H2,1H3,(H,29,34)(H,30,35)/t13-,19?/m1/s1. The topological polar surface area (TPSA) is 108 Å². The fourth-order valence-corrected chi connectivity index (χ4v) is 5.14. The molecule has 0 radical (unpaired) electrons. The Labute approximate surface area is 209 Å². The quantitative estimate of drug-likeness (QED) is 0.318. The van der Waals surface area contributed by atoms with Crippen LogP contribution in [0.1, 0.15) is 18.2 Å². The number of thiazole rings is 1. The van der Waals surface area contributed by atoms with E-state index >= 15 is 0 Å². The fraction of sp³-hybridized carbons (Fsp3) is 0.240. The van der Waals surface area contributed by atoms with Gasteiger partial charge in [0.15, 0.2) is 4.96 Å². The molecule has 4 N–H and O–H groups in total. The van der Waals surface area contributed by atoms with Crippen molar-refractivity contribution in [2.45, 2.75) is 31.9 Å². The van der Waals surface area contributed by atoms with Crippen molar-refractivity contribution in [3.63, 3.8) is 0 Å². The zero-order valence-corrected chi connectivity index (χ0v) is 20.0. The highest BCUT2D eigenvalue weighted by Gasteiger charge is 2.23. The molecule has 2 aromatic heterocycles. The first-order valence-corrected chi connectivity index (χ1v) is 12.1. The molecule has 1 aliphatic rings. The van der Waals surface area contributed by atoms with Gasteiger partial charge in [-0.2, -0.15) is 0 Å². The first kappa shape index (κ1) is 23.9. The summed E-state index contributed by atoms with van der Waals surface area (Å²) >= 11 is 1.54. The van der Waals surface area contributed by atoms with Crippen LogP contribution in [-0.2, 0) is 22.4 Å². The average Bonchev–Trinajstić information content (AvgIpc) is 3.37. The number of imidazole rings is 1. The van der Waals surface area contributed by atoms with Gasteiger partial charge in [0.2, 0.25) is 11.8 Å². The number of carbonyl (C=O) groups excluding carboxylic acids is 2. The lowest BCUT2D eigenvalue weighted by atomic mass is 10.1. The number of rotatable bonds is 6. The van der Waals surface area contributed by atoms with Crippen LogP contribution in [0.5, 0.6) is 0 Å². The summed E-state index contributed by atoms with van der Waals surface area (Å²) in [4.78, 5) is 30.2.